The molecule has 3 rings (SSSR count). The first-order valence-corrected chi connectivity index (χ1v) is 10.2. The highest BCUT2D eigenvalue weighted by Gasteiger charge is 2.28. The minimum absolute atomic E-state index is 0.0344. The summed E-state index contributed by atoms with van der Waals surface area (Å²) in [6.07, 6.45) is 0. The lowest BCUT2D eigenvalue weighted by atomic mass is 10.1. The summed E-state index contributed by atoms with van der Waals surface area (Å²) >= 11 is 0. The van der Waals surface area contributed by atoms with Gasteiger partial charge in [-0.05, 0) is 37.1 Å². The van der Waals surface area contributed by atoms with Crippen LogP contribution in [-0.2, 0) is 14.8 Å². The molecule has 3 aromatic rings. The van der Waals surface area contributed by atoms with Crippen LogP contribution in [0.15, 0.2) is 45.7 Å². The number of hydrogen-bond acceptors (Lipinski definition) is 5. The van der Waals surface area contributed by atoms with Crippen LogP contribution in [0.4, 0.5) is 5.69 Å². The van der Waals surface area contributed by atoms with E-state index in [0.717, 1.165) is 23.0 Å². The third kappa shape index (κ3) is 3.77. The molecular weight excluding hydrogens is 368 g/mol. The largest absolute Gasteiger partial charge is 0.480 e. The molecule has 0 aliphatic heterocycles. The topological polar surface area (TPSA) is 109 Å². The van der Waals surface area contributed by atoms with E-state index in [1.807, 2.05) is 25.1 Å². The van der Waals surface area contributed by atoms with Crippen molar-refractivity contribution in [2.75, 3.05) is 11.9 Å². The van der Waals surface area contributed by atoms with Gasteiger partial charge in [0, 0.05) is 35.1 Å². The predicted molar refractivity (Wildman–Crippen MR) is 104 cm³/mol. The number of hydrogen-bond donors (Lipinski definition) is 3. The molecule has 0 aliphatic rings. The Morgan fingerprint density at radius 2 is 1.74 bits per heavy atom. The molecule has 144 valence electrons. The second-order valence-electron chi connectivity index (χ2n) is 6.68. The van der Waals surface area contributed by atoms with E-state index >= 15 is 0 Å². The smallest absolute Gasteiger partial charge is 0.322 e. The quantitative estimate of drug-likeness (QED) is 0.570. The van der Waals surface area contributed by atoms with E-state index in [1.165, 1.54) is 12.1 Å². The van der Waals surface area contributed by atoms with Gasteiger partial charge in [-0.1, -0.05) is 13.8 Å². The summed E-state index contributed by atoms with van der Waals surface area (Å²) in [5.41, 5.74) is 1.99. The second kappa shape index (κ2) is 7.21. The van der Waals surface area contributed by atoms with Gasteiger partial charge in [-0.3, -0.25) is 4.79 Å². The summed E-state index contributed by atoms with van der Waals surface area (Å²) in [6.45, 7) is 6.06. The number of anilines is 1. The molecule has 1 heterocycles. The fourth-order valence-corrected chi connectivity index (χ4v) is 4.30. The normalized spacial score (nSPS) is 13.3. The number of benzene rings is 2. The van der Waals surface area contributed by atoms with Gasteiger partial charge in [-0.15, -0.1) is 0 Å². The van der Waals surface area contributed by atoms with Gasteiger partial charge in [0.2, 0.25) is 10.0 Å². The Morgan fingerprint density at radius 1 is 1.11 bits per heavy atom. The van der Waals surface area contributed by atoms with Crippen molar-refractivity contribution in [2.24, 2.45) is 5.92 Å². The Balaban J connectivity index is 2.02. The third-order valence-electron chi connectivity index (χ3n) is 4.35. The number of carbonyl (C=O) groups is 1. The number of carboxylic acid groups (broad SMARTS) is 1. The van der Waals surface area contributed by atoms with Crippen LogP contribution in [-0.4, -0.2) is 32.1 Å². The molecule has 0 bridgehead atoms. The van der Waals surface area contributed by atoms with Crippen LogP contribution in [0.5, 0.6) is 0 Å². The van der Waals surface area contributed by atoms with Crippen molar-refractivity contribution < 1.29 is 22.7 Å². The molecule has 0 unspecified atom stereocenters. The van der Waals surface area contributed by atoms with Crippen LogP contribution in [0, 0.1) is 5.92 Å². The number of carboxylic acids is 1. The van der Waals surface area contributed by atoms with Crippen LogP contribution in [0.1, 0.15) is 20.8 Å². The van der Waals surface area contributed by atoms with Crippen molar-refractivity contribution in [3.8, 4) is 0 Å². The first-order chi connectivity index (χ1) is 12.7. The first-order valence-electron chi connectivity index (χ1n) is 8.68. The van der Waals surface area contributed by atoms with Gasteiger partial charge in [0.05, 0.1) is 4.90 Å². The van der Waals surface area contributed by atoms with E-state index in [0.29, 0.717) is 11.2 Å². The fourth-order valence-electron chi connectivity index (χ4n) is 2.95. The van der Waals surface area contributed by atoms with E-state index in [9.17, 15) is 18.3 Å². The summed E-state index contributed by atoms with van der Waals surface area (Å²) in [5, 5.41) is 14.1. The second-order valence-corrected chi connectivity index (χ2v) is 8.40. The van der Waals surface area contributed by atoms with Gasteiger partial charge >= 0.3 is 5.97 Å². The van der Waals surface area contributed by atoms with Gasteiger partial charge in [0.1, 0.15) is 17.2 Å². The Labute approximate surface area is 157 Å². The molecule has 0 amide bonds. The van der Waals surface area contributed by atoms with Gasteiger partial charge < -0.3 is 14.8 Å². The zero-order valence-electron chi connectivity index (χ0n) is 15.3. The first kappa shape index (κ1) is 19.2. The zero-order valence-corrected chi connectivity index (χ0v) is 16.1. The van der Waals surface area contributed by atoms with Gasteiger partial charge in [0.25, 0.3) is 0 Å². The summed E-state index contributed by atoms with van der Waals surface area (Å²) in [4.78, 5) is 11.3. The molecular formula is C19H22N2O5S. The standard InChI is InChI=1S/C19H22N2O5S/c1-4-20-12-5-7-14-15-8-6-13(10-17(15)26-16(14)9-12)27(24,25)21-18(11(2)3)19(22)23/h5-11,18,20-21H,4H2,1-3H3,(H,22,23)/t18-/m0/s1. The SMILES string of the molecule is CCNc1ccc2c(c1)oc1cc(S(=O)(=O)N[C@H](C(=O)O)C(C)C)ccc12. The lowest BCUT2D eigenvalue weighted by Gasteiger charge is -2.17. The van der Waals surface area contributed by atoms with E-state index in [-0.39, 0.29) is 4.90 Å². The van der Waals surface area contributed by atoms with Crippen LogP contribution >= 0.6 is 0 Å². The maximum absolute atomic E-state index is 12.6. The Kier molecular flexibility index (Phi) is 5.12. The van der Waals surface area contributed by atoms with Crippen molar-refractivity contribution in [2.45, 2.75) is 31.7 Å². The average molecular weight is 390 g/mol. The van der Waals surface area contributed by atoms with Crippen molar-refractivity contribution in [3.05, 3.63) is 36.4 Å². The molecule has 1 aromatic heterocycles. The van der Waals surface area contributed by atoms with Crippen molar-refractivity contribution in [3.63, 3.8) is 0 Å². The molecule has 0 fully saturated rings. The van der Waals surface area contributed by atoms with Gasteiger partial charge in [-0.25, -0.2) is 8.42 Å². The maximum Gasteiger partial charge on any atom is 0.322 e. The third-order valence-corrected chi connectivity index (χ3v) is 5.79. The van der Waals surface area contributed by atoms with Crippen molar-refractivity contribution >= 4 is 43.6 Å². The van der Waals surface area contributed by atoms with Crippen LogP contribution in [0.25, 0.3) is 21.9 Å². The fraction of sp³-hybridized carbons (Fsp3) is 0.316. The Morgan fingerprint density at radius 3 is 2.33 bits per heavy atom. The highest BCUT2D eigenvalue weighted by molar-refractivity contribution is 7.89. The maximum atomic E-state index is 12.6. The molecule has 8 heteroatoms. The van der Waals surface area contributed by atoms with Crippen molar-refractivity contribution in [1.29, 1.82) is 0 Å². The number of sulfonamides is 1. The van der Waals surface area contributed by atoms with Crippen molar-refractivity contribution in [1.82, 2.24) is 4.72 Å². The number of furan rings is 1. The lowest BCUT2D eigenvalue weighted by Crippen LogP contribution is -2.44. The Hall–Kier alpha value is -2.58. The van der Waals surface area contributed by atoms with E-state index in [4.69, 9.17) is 4.42 Å². The minimum Gasteiger partial charge on any atom is -0.480 e. The molecule has 27 heavy (non-hydrogen) atoms. The molecule has 0 saturated carbocycles. The van der Waals surface area contributed by atoms with E-state index in [1.54, 1.807) is 19.9 Å². The van der Waals surface area contributed by atoms with Crippen LogP contribution in [0.2, 0.25) is 0 Å². The van der Waals surface area contributed by atoms with Gasteiger partial charge in [0.15, 0.2) is 0 Å². The predicted octanol–water partition coefficient (Wildman–Crippen LogP) is 3.41. The summed E-state index contributed by atoms with van der Waals surface area (Å²) < 4.78 is 33.3. The molecule has 3 N–H and O–H groups in total. The monoisotopic (exact) mass is 390 g/mol. The molecule has 0 radical (unpaired) electrons. The number of rotatable bonds is 7. The van der Waals surface area contributed by atoms with E-state index < -0.39 is 28.0 Å². The molecule has 2 aromatic carbocycles. The summed E-state index contributed by atoms with van der Waals surface area (Å²) in [7, 11) is -4.00. The molecule has 0 spiro atoms. The number of nitrogens with one attached hydrogen (secondary N) is 2. The lowest BCUT2D eigenvalue weighted by molar-refractivity contribution is -0.140. The van der Waals surface area contributed by atoms with Gasteiger partial charge in [-0.2, -0.15) is 4.72 Å². The summed E-state index contributed by atoms with van der Waals surface area (Å²) in [5.74, 6) is -1.61. The average Bonchev–Trinajstić information content (AvgIpc) is 2.96. The number of fused-ring (bicyclic) bond motifs is 3. The summed E-state index contributed by atoms with van der Waals surface area (Å²) in [6, 6.07) is 9.07. The molecule has 0 saturated heterocycles. The highest BCUT2D eigenvalue weighted by atomic mass is 32.2. The highest BCUT2D eigenvalue weighted by Crippen LogP contribution is 2.32. The van der Waals surface area contributed by atoms with Crippen LogP contribution in [0.3, 0.4) is 0 Å². The molecule has 7 nitrogen and oxygen atoms in total. The van der Waals surface area contributed by atoms with E-state index in [2.05, 4.69) is 10.0 Å². The van der Waals surface area contributed by atoms with Crippen LogP contribution < -0.4 is 10.0 Å². The number of aliphatic carboxylic acids is 1. The zero-order chi connectivity index (χ0) is 19.8. The Bertz CT molecular complexity index is 1100. The molecule has 0 aliphatic carbocycles. The molecule has 1 atom stereocenters. The minimum atomic E-state index is -4.00.